The molecule has 0 amide bonds. The van der Waals surface area contributed by atoms with Crippen LogP contribution in [-0.2, 0) is 12.7 Å². The van der Waals surface area contributed by atoms with Gasteiger partial charge in [0.25, 0.3) is 0 Å². The summed E-state index contributed by atoms with van der Waals surface area (Å²) in [5.74, 6) is 0.299. The molecule has 2 fully saturated rings. The van der Waals surface area contributed by atoms with Gasteiger partial charge in [-0.3, -0.25) is 4.90 Å². The van der Waals surface area contributed by atoms with E-state index in [1.165, 1.54) is 12.8 Å². The van der Waals surface area contributed by atoms with Crippen molar-refractivity contribution in [2.24, 2.45) is 0 Å². The number of aromatic nitrogens is 6. The van der Waals surface area contributed by atoms with Crippen molar-refractivity contribution >= 4 is 5.65 Å². The van der Waals surface area contributed by atoms with Crippen LogP contribution in [0.15, 0.2) is 16.5 Å². The molecule has 0 N–H and O–H groups in total. The summed E-state index contributed by atoms with van der Waals surface area (Å²) in [6, 6.07) is 3.98. The summed E-state index contributed by atoms with van der Waals surface area (Å²) in [6.45, 7) is 1.61. The highest BCUT2D eigenvalue weighted by Gasteiger charge is 2.38. The molecule has 8 nitrogen and oxygen atoms in total. The number of hydrogen-bond donors (Lipinski definition) is 0. The largest absolute Gasteiger partial charge is 0.470 e. The summed E-state index contributed by atoms with van der Waals surface area (Å²) in [6.07, 6.45) is -0.619. The molecule has 1 saturated carbocycles. The Kier molecular flexibility index (Phi) is 4.07. The Morgan fingerprint density at radius 1 is 0.964 bits per heavy atom. The fourth-order valence-corrected chi connectivity index (χ4v) is 3.64. The molecule has 3 aromatic heterocycles. The van der Waals surface area contributed by atoms with Crippen molar-refractivity contribution in [2.45, 2.75) is 50.2 Å². The maximum absolute atomic E-state index is 12.6. The van der Waals surface area contributed by atoms with Gasteiger partial charge in [0.2, 0.25) is 5.89 Å². The number of nitrogens with zero attached hydrogens (tertiary/aromatic N) is 7. The van der Waals surface area contributed by atoms with E-state index >= 15 is 0 Å². The smallest absolute Gasteiger partial charge is 0.416 e. The van der Waals surface area contributed by atoms with Gasteiger partial charge in [0.15, 0.2) is 11.5 Å². The van der Waals surface area contributed by atoms with E-state index in [1.54, 1.807) is 0 Å². The third-order valence-electron chi connectivity index (χ3n) is 5.32. The lowest BCUT2D eigenvalue weighted by Crippen LogP contribution is -2.33. The summed E-state index contributed by atoms with van der Waals surface area (Å²) >= 11 is 0. The Morgan fingerprint density at radius 2 is 1.75 bits per heavy atom. The molecule has 0 bridgehead atoms. The second-order valence-corrected chi connectivity index (χ2v) is 7.41. The van der Waals surface area contributed by atoms with Crippen molar-refractivity contribution in [3.05, 3.63) is 35.4 Å². The van der Waals surface area contributed by atoms with Crippen LogP contribution in [0.2, 0.25) is 0 Å². The number of alkyl halides is 3. The van der Waals surface area contributed by atoms with Gasteiger partial charge in [-0.2, -0.15) is 22.8 Å². The van der Waals surface area contributed by atoms with Gasteiger partial charge in [0, 0.05) is 11.8 Å². The number of rotatable bonds is 4. The molecule has 3 aromatic rings. The molecule has 0 aromatic carbocycles. The van der Waals surface area contributed by atoms with Crippen LogP contribution < -0.4 is 0 Å². The van der Waals surface area contributed by atoms with Crippen molar-refractivity contribution in [1.29, 1.82) is 0 Å². The Bertz CT molecular complexity index is 986. The average molecular weight is 393 g/mol. The number of fused-ring (bicyclic) bond motifs is 1. The molecule has 0 radical (unpaired) electrons. The Balaban J connectivity index is 1.25. The summed E-state index contributed by atoms with van der Waals surface area (Å²) in [4.78, 5) is 2.01. The van der Waals surface area contributed by atoms with Crippen LogP contribution in [0, 0.1) is 0 Å². The van der Waals surface area contributed by atoms with E-state index in [4.69, 9.17) is 9.52 Å². The minimum atomic E-state index is -4.61. The van der Waals surface area contributed by atoms with E-state index in [2.05, 4.69) is 20.4 Å². The lowest BCUT2D eigenvalue weighted by atomic mass is 9.96. The Hall–Kier alpha value is -2.56. The lowest BCUT2D eigenvalue weighted by Gasteiger charge is -2.29. The first kappa shape index (κ1) is 17.5. The Morgan fingerprint density at radius 3 is 2.43 bits per heavy atom. The van der Waals surface area contributed by atoms with E-state index < -0.39 is 12.1 Å². The number of hydrogen-bond acceptors (Lipinski definition) is 7. The maximum atomic E-state index is 12.6. The average Bonchev–Trinajstić information content (AvgIpc) is 3.26. The van der Waals surface area contributed by atoms with Gasteiger partial charge in [0.05, 0.1) is 12.2 Å². The predicted molar refractivity (Wildman–Crippen MR) is 89.3 cm³/mol. The van der Waals surface area contributed by atoms with Gasteiger partial charge in [-0.05, 0) is 50.9 Å². The highest BCUT2D eigenvalue weighted by Crippen LogP contribution is 2.39. The third kappa shape index (κ3) is 3.34. The number of likely N-dealkylation sites (tertiary alicyclic amines) is 1. The molecular weight excluding hydrogens is 375 g/mol. The first-order chi connectivity index (χ1) is 13.5. The van der Waals surface area contributed by atoms with Crippen molar-refractivity contribution in [3.63, 3.8) is 0 Å². The molecule has 5 rings (SSSR count). The van der Waals surface area contributed by atoms with E-state index in [1.807, 2.05) is 21.5 Å². The van der Waals surface area contributed by atoms with Gasteiger partial charge in [-0.15, -0.1) is 20.4 Å². The Labute approximate surface area is 157 Å². The van der Waals surface area contributed by atoms with Crippen molar-refractivity contribution in [1.82, 2.24) is 34.9 Å². The quantitative estimate of drug-likeness (QED) is 0.674. The molecule has 1 aliphatic carbocycles. The fourth-order valence-electron chi connectivity index (χ4n) is 3.64. The van der Waals surface area contributed by atoms with Crippen LogP contribution in [-0.4, -0.2) is 48.0 Å². The number of halogens is 3. The zero-order valence-corrected chi connectivity index (χ0v) is 14.9. The molecule has 0 unspecified atom stereocenters. The summed E-state index contributed by atoms with van der Waals surface area (Å²) in [5, 5.41) is 19.9. The van der Waals surface area contributed by atoms with Crippen molar-refractivity contribution in [3.8, 4) is 0 Å². The highest BCUT2D eigenvalue weighted by atomic mass is 19.4. The molecular formula is C17H18F3N7O. The summed E-state index contributed by atoms with van der Waals surface area (Å²) in [5.41, 5.74) is 1.83. The van der Waals surface area contributed by atoms with E-state index in [0.29, 0.717) is 19.0 Å². The zero-order chi connectivity index (χ0) is 19.3. The minimum absolute atomic E-state index is 0.0190. The molecule has 1 saturated heterocycles. The molecule has 1 aliphatic heterocycles. The van der Waals surface area contributed by atoms with Gasteiger partial charge in [-0.1, -0.05) is 0 Å². The summed E-state index contributed by atoms with van der Waals surface area (Å²) in [7, 11) is 0. The highest BCUT2D eigenvalue weighted by molar-refractivity contribution is 5.38. The molecule has 2 aliphatic rings. The minimum Gasteiger partial charge on any atom is -0.416 e. The first-order valence-electron chi connectivity index (χ1n) is 9.31. The molecule has 0 spiro atoms. The molecule has 4 heterocycles. The molecule has 11 heteroatoms. The van der Waals surface area contributed by atoms with Crippen LogP contribution in [0.1, 0.15) is 60.8 Å². The summed E-state index contributed by atoms with van der Waals surface area (Å²) < 4.78 is 44.3. The number of piperidine rings is 1. The van der Waals surface area contributed by atoms with E-state index in [-0.39, 0.29) is 18.4 Å². The molecule has 0 atom stereocenters. The van der Waals surface area contributed by atoms with Gasteiger partial charge < -0.3 is 4.42 Å². The van der Waals surface area contributed by atoms with E-state index in [0.717, 1.165) is 30.0 Å². The maximum Gasteiger partial charge on any atom is 0.470 e. The monoisotopic (exact) mass is 393 g/mol. The van der Waals surface area contributed by atoms with Crippen LogP contribution >= 0.6 is 0 Å². The van der Waals surface area contributed by atoms with Gasteiger partial charge in [0.1, 0.15) is 0 Å². The lowest BCUT2D eigenvalue weighted by molar-refractivity contribution is -0.157. The standard InChI is InChI=1S/C17H18F3N7O/c18-17(19,20)16-24-22-14(28-16)9-26-7-5-11(6-8-26)15-23-21-13-4-3-12(10-1-2-10)25-27(13)15/h3-4,10-11H,1-2,5-9H2. The van der Waals surface area contributed by atoms with Crippen LogP contribution in [0.5, 0.6) is 0 Å². The molecule has 148 valence electrons. The zero-order valence-electron chi connectivity index (χ0n) is 14.9. The fraction of sp³-hybridized carbons (Fsp3) is 0.588. The van der Waals surface area contributed by atoms with Crippen LogP contribution in [0.25, 0.3) is 5.65 Å². The third-order valence-corrected chi connectivity index (χ3v) is 5.32. The SMILES string of the molecule is FC(F)(F)c1nnc(CN2CCC(c3nnc4ccc(C5CC5)nn34)CC2)o1. The normalized spacial score (nSPS) is 19.5. The second-order valence-electron chi connectivity index (χ2n) is 7.41. The van der Waals surface area contributed by atoms with Gasteiger partial charge in [-0.25, -0.2) is 0 Å². The van der Waals surface area contributed by atoms with Crippen LogP contribution in [0.3, 0.4) is 0 Å². The van der Waals surface area contributed by atoms with Crippen molar-refractivity contribution in [2.75, 3.05) is 13.1 Å². The topological polar surface area (TPSA) is 85.2 Å². The van der Waals surface area contributed by atoms with Crippen molar-refractivity contribution < 1.29 is 17.6 Å². The molecule has 28 heavy (non-hydrogen) atoms. The predicted octanol–water partition coefficient (Wildman–Crippen LogP) is 2.78. The van der Waals surface area contributed by atoms with E-state index in [9.17, 15) is 13.2 Å². The first-order valence-corrected chi connectivity index (χ1v) is 9.31. The van der Waals surface area contributed by atoms with Gasteiger partial charge >= 0.3 is 12.1 Å². The van der Waals surface area contributed by atoms with Crippen LogP contribution in [0.4, 0.5) is 13.2 Å². The second kappa shape index (κ2) is 6.50.